The molecule has 1 amide bonds. The minimum atomic E-state index is 0.0496. The normalized spacial score (nSPS) is 17.0. The van der Waals surface area contributed by atoms with E-state index in [2.05, 4.69) is 46.6 Å². The third-order valence-electron chi connectivity index (χ3n) is 5.10. The average molecular weight is 380 g/mol. The second-order valence-electron chi connectivity index (χ2n) is 6.89. The van der Waals surface area contributed by atoms with Crippen LogP contribution in [0.2, 0.25) is 0 Å². The van der Waals surface area contributed by atoms with Gasteiger partial charge in [-0.05, 0) is 29.7 Å². The van der Waals surface area contributed by atoms with Gasteiger partial charge < -0.3 is 19.2 Å². The number of nitrogens with zero attached hydrogens (tertiary/aromatic N) is 3. The van der Waals surface area contributed by atoms with Gasteiger partial charge in [0.05, 0.1) is 12.3 Å². The molecule has 1 aliphatic rings. The molecule has 0 bridgehead atoms. The van der Waals surface area contributed by atoms with Crippen LogP contribution in [0.15, 0.2) is 51.6 Å². The van der Waals surface area contributed by atoms with Gasteiger partial charge in [-0.2, -0.15) is 4.98 Å². The van der Waals surface area contributed by atoms with E-state index in [1.807, 2.05) is 4.90 Å². The van der Waals surface area contributed by atoms with E-state index in [0.29, 0.717) is 36.9 Å². The van der Waals surface area contributed by atoms with Crippen molar-refractivity contribution in [1.29, 1.82) is 0 Å². The number of carbonyl (C=O) groups excluding carboxylic acids is 1. The quantitative estimate of drug-likeness (QED) is 0.708. The molecule has 0 radical (unpaired) electrons. The molecular weight excluding hydrogens is 356 g/mol. The summed E-state index contributed by atoms with van der Waals surface area (Å²) in [6.07, 6.45) is 3.32. The van der Waals surface area contributed by atoms with Crippen molar-refractivity contribution in [3.63, 3.8) is 0 Å². The summed E-state index contributed by atoms with van der Waals surface area (Å²) in [7, 11) is 0. The number of carbonyl (C=O) groups is 1. The third kappa shape index (κ3) is 3.99. The highest BCUT2D eigenvalue weighted by atomic mass is 16.5. The van der Waals surface area contributed by atoms with Gasteiger partial charge in [0, 0.05) is 32.5 Å². The van der Waals surface area contributed by atoms with E-state index in [-0.39, 0.29) is 11.9 Å². The van der Waals surface area contributed by atoms with Crippen LogP contribution in [-0.4, -0.2) is 40.6 Å². The van der Waals surface area contributed by atoms with Gasteiger partial charge in [0.25, 0.3) is 0 Å². The average Bonchev–Trinajstić information content (AvgIpc) is 3.44. The zero-order valence-corrected chi connectivity index (χ0v) is 15.9. The van der Waals surface area contributed by atoms with Crippen LogP contribution in [-0.2, 0) is 17.6 Å². The Kier molecular flexibility index (Phi) is 5.53. The van der Waals surface area contributed by atoms with Crippen molar-refractivity contribution < 1.29 is 13.7 Å². The lowest BCUT2D eigenvalue weighted by Crippen LogP contribution is -2.48. The summed E-state index contributed by atoms with van der Waals surface area (Å²) in [5.74, 6) is 1.50. The van der Waals surface area contributed by atoms with E-state index in [1.54, 1.807) is 18.4 Å². The van der Waals surface area contributed by atoms with Gasteiger partial charge in [0.1, 0.15) is 0 Å². The lowest BCUT2D eigenvalue weighted by Gasteiger charge is -2.36. The van der Waals surface area contributed by atoms with E-state index in [1.165, 1.54) is 5.56 Å². The minimum absolute atomic E-state index is 0.0496. The fourth-order valence-corrected chi connectivity index (χ4v) is 3.50. The van der Waals surface area contributed by atoms with Crippen LogP contribution in [0.25, 0.3) is 11.6 Å². The second-order valence-corrected chi connectivity index (χ2v) is 6.89. The molecule has 146 valence electrons. The smallest absolute Gasteiger partial charge is 0.238 e. The summed E-state index contributed by atoms with van der Waals surface area (Å²) in [5, 5.41) is 7.31. The highest BCUT2D eigenvalue weighted by Gasteiger charge is 2.28. The molecule has 7 nitrogen and oxygen atoms in total. The number of aryl methyl sites for hydroxylation is 2. The highest BCUT2D eigenvalue weighted by Crippen LogP contribution is 2.24. The van der Waals surface area contributed by atoms with Gasteiger partial charge in [0.15, 0.2) is 5.76 Å². The SMILES string of the molecule is CCc1ccc(C2CNCCN2C(=O)CCc2nc(-c3ccco3)no2)cc1. The molecule has 1 atom stereocenters. The molecule has 7 heteroatoms. The molecule has 3 aromatic rings. The number of amides is 1. The van der Waals surface area contributed by atoms with E-state index in [9.17, 15) is 4.79 Å². The van der Waals surface area contributed by atoms with Crippen LogP contribution in [0, 0.1) is 0 Å². The first-order valence-corrected chi connectivity index (χ1v) is 9.70. The Bertz CT molecular complexity index is 902. The molecule has 1 aliphatic heterocycles. The standard InChI is InChI=1S/C21H24N4O3/c1-2-15-5-7-16(8-6-15)17-14-22-11-12-25(17)20(26)10-9-19-23-21(24-28-19)18-4-3-13-27-18/h3-8,13,17,22H,2,9-12,14H2,1H3. The van der Waals surface area contributed by atoms with Crippen molar-refractivity contribution in [1.82, 2.24) is 20.4 Å². The number of nitrogens with one attached hydrogen (secondary N) is 1. The molecule has 1 saturated heterocycles. The fraction of sp³-hybridized carbons (Fsp3) is 0.381. The van der Waals surface area contributed by atoms with Gasteiger partial charge in [-0.15, -0.1) is 0 Å². The lowest BCUT2D eigenvalue weighted by molar-refractivity contribution is -0.134. The summed E-state index contributed by atoms with van der Waals surface area (Å²) in [6.45, 7) is 4.40. The molecule has 4 rings (SSSR count). The maximum absolute atomic E-state index is 12.9. The predicted octanol–water partition coefficient (Wildman–Crippen LogP) is 3.00. The van der Waals surface area contributed by atoms with E-state index in [4.69, 9.17) is 8.94 Å². The van der Waals surface area contributed by atoms with E-state index in [0.717, 1.165) is 25.1 Å². The molecule has 1 fully saturated rings. The predicted molar refractivity (Wildman–Crippen MR) is 103 cm³/mol. The maximum Gasteiger partial charge on any atom is 0.238 e. The van der Waals surface area contributed by atoms with E-state index < -0.39 is 0 Å². The summed E-state index contributed by atoms with van der Waals surface area (Å²) in [5.41, 5.74) is 2.46. The number of hydrogen-bond donors (Lipinski definition) is 1. The van der Waals surface area contributed by atoms with Crippen molar-refractivity contribution in [3.8, 4) is 11.6 Å². The van der Waals surface area contributed by atoms with Crippen molar-refractivity contribution in [2.24, 2.45) is 0 Å². The fourth-order valence-electron chi connectivity index (χ4n) is 3.50. The largest absolute Gasteiger partial charge is 0.461 e. The monoisotopic (exact) mass is 380 g/mol. The van der Waals surface area contributed by atoms with Crippen LogP contribution >= 0.6 is 0 Å². The summed E-state index contributed by atoms with van der Waals surface area (Å²) in [4.78, 5) is 19.2. The highest BCUT2D eigenvalue weighted by molar-refractivity contribution is 5.77. The van der Waals surface area contributed by atoms with Crippen LogP contribution in [0.5, 0.6) is 0 Å². The van der Waals surface area contributed by atoms with Gasteiger partial charge in [-0.1, -0.05) is 36.3 Å². The minimum Gasteiger partial charge on any atom is -0.461 e. The number of benzene rings is 1. The zero-order valence-electron chi connectivity index (χ0n) is 15.9. The van der Waals surface area contributed by atoms with Crippen LogP contribution in [0.3, 0.4) is 0 Å². The molecule has 0 aliphatic carbocycles. The number of furan rings is 1. The van der Waals surface area contributed by atoms with Crippen molar-refractivity contribution in [2.45, 2.75) is 32.2 Å². The van der Waals surface area contributed by atoms with E-state index >= 15 is 0 Å². The number of piperazine rings is 1. The Morgan fingerprint density at radius 2 is 2.14 bits per heavy atom. The molecule has 0 spiro atoms. The second kappa shape index (κ2) is 8.39. The number of rotatable bonds is 6. The molecule has 2 aromatic heterocycles. The maximum atomic E-state index is 12.9. The Morgan fingerprint density at radius 1 is 1.29 bits per heavy atom. The number of hydrogen-bond acceptors (Lipinski definition) is 6. The van der Waals surface area contributed by atoms with Gasteiger partial charge in [-0.3, -0.25) is 4.79 Å². The Hall–Kier alpha value is -2.93. The topological polar surface area (TPSA) is 84.4 Å². The van der Waals surface area contributed by atoms with Crippen LogP contribution in [0.1, 0.15) is 36.4 Å². The van der Waals surface area contributed by atoms with Crippen LogP contribution < -0.4 is 5.32 Å². The van der Waals surface area contributed by atoms with Crippen molar-refractivity contribution >= 4 is 5.91 Å². The lowest BCUT2D eigenvalue weighted by atomic mass is 10.0. The van der Waals surface area contributed by atoms with Gasteiger partial charge in [0.2, 0.25) is 17.6 Å². The third-order valence-corrected chi connectivity index (χ3v) is 5.10. The first kappa shape index (κ1) is 18.4. The van der Waals surface area contributed by atoms with Gasteiger partial charge >= 0.3 is 0 Å². The molecular formula is C21H24N4O3. The first-order valence-electron chi connectivity index (χ1n) is 9.70. The molecule has 1 N–H and O–H groups in total. The molecule has 1 unspecified atom stereocenters. The number of aromatic nitrogens is 2. The Labute approximate surface area is 163 Å². The molecule has 1 aromatic carbocycles. The summed E-state index contributed by atoms with van der Waals surface area (Å²) in [6, 6.07) is 12.1. The van der Waals surface area contributed by atoms with Crippen LogP contribution in [0.4, 0.5) is 0 Å². The zero-order chi connectivity index (χ0) is 19.3. The Morgan fingerprint density at radius 3 is 2.89 bits per heavy atom. The molecule has 3 heterocycles. The first-order chi connectivity index (χ1) is 13.7. The molecule has 28 heavy (non-hydrogen) atoms. The van der Waals surface area contributed by atoms with Crippen molar-refractivity contribution in [3.05, 3.63) is 59.7 Å². The van der Waals surface area contributed by atoms with Gasteiger partial charge in [-0.25, -0.2) is 0 Å². The summed E-state index contributed by atoms with van der Waals surface area (Å²) < 4.78 is 10.5. The Balaban J connectivity index is 1.40. The van der Waals surface area contributed by atoms with Crippen molar-refractivity contribution in [2.75, 3.05) is 19.6 Å². The molecule has 0 saturated carbocycles. The summed E-state index contributed by atoms with van der Waals surface area (Å²) >= 11 is 0.